The topological polar surface area (TPSA) is 42.2 Å². The van der Waals surface area contributed by atoms with Gasteiger partial charge in [0.05, 0.1) is 5.56 Å². The van der Waals surface area contributed by atoms with Crippen LogP contribution >= 0.6 is 0 Å². The highest BCUT2D eigenvalue weighted by molar-refractivity contribution is 6.34. The molecule has 0 aliphatic heterocycles. The van der Waals surface area contributed by atoms with Crippen LogP contribution in [0.15, 0.2) is 18.2 Å². The molecule has 1 aromatic carbocycles. The maximum atomic E-state index is 11.1. The largest absolute Gasteiger partial charge is 0.478 e. The number of aryl methyl sites for hydroxylation is 1. The molecule has 1 fully saturated rings. The van der Waals surface area contributed by atoms with Gasteiger partial charge in [-0.1, -0.05) is 18.9 Å². The van der Waals surface area contributed by atoms with Crippen molar-refractivity contribution in [3.63, 3.8) is 0 Å². The molecule has 0 bridgehead atoms. The summed E-state index contributed by atoms with van der Waals surface area (Å²) in [5, 5.41) is 10.3. The average molecular weight is 255 g/mol. The Kier molecular flexibility index (Phi) is 2.88. The summed E-state index contributed by atoms with van der Waals surface area (Å²) in [6.45, 7) is 0. The summed E-state index contributed by atoms with van der Waals surface area (Å²) in [7, 11) is 4.18. The van der Waals surface area contributed by atoms with Crippen LogP contribution in [0.3, 0.4) is 0 Å². The number of carbonyl (C=O) groups is 1. The summed E-state index contributed by atoms with van der Waals surface area (Å²) < 4.78 is 2.13. The number of aromatic nitrogens is 1. The van der Waals surface area contributed by atoms with Crippen molar-refractivity contribution in [2.24, 2.45) is 7.05 Å². The Labute approximate surface area is 113 Å². The van der Waals surface area contributed by atoms with E-state index in [4.69, 9.17) is 5.11 Å². The van der Waals surface area contributed by atoms with Crippen LogP contribution in [0.5, 0.6) is 0 Å². The number of hydrogen-bond acceptors (Lipinski definition) is 1. The fourth-order valence-corrected chi connectivity index (χ4v) is 3.46. The van der Waals surface area contributed by atoms with Gasteiger partial charge in [0.2, 0.25) is 0 Å². The molecule has 19 heavy (non-hydrogen) atoms. The van der Waals surface area contributed by atoms with Crippen LogP contribution in [-0.2, 0) is 7.05 Å². The lowest BCUT2D eigenvalue weighted by Gasteiger charge is -2.10. The van der Waals surface area contributed by atoms with Crippen molar-refractivity contribution in [3.8, 4) is 0 Å². The van der Waals surface area contributed by atoms with Crippen molar-refractivity contribution in [2.75, 3.05) is 0 Å². The quantitative estimate of drug-likeness (QED) is 0.831. The molecule has 1 aliphatic carbocycles. The zero-order valence-corrected chi connectivity index (χ0v) is 11.4. The average Bonchev–Trinajstić information content (AvgIpc) is 2.98. The molecule has 0 saturated heterocycles. The van der Waals surface area contributed by atoms with E-state index in [2.05, 4.69) is 12.4 Å². The Morgan fingerprint density at radius 3 is 2.68 bits per heavy atom. The van der Waals surface area contributed by atoms with Gasteiger partial charge < -0.3 is 9.67 Å². The minimum Gasteiger partial charge on any atom is -0.478 e. The highest BCUT2D eigenvalue weighted by Crippen LogP contribution is 2.37. The second-order valence-electron chi connectivity index (χ2n) is 5.58. The molecule has 1 aliphatic rings. The molecule has 1 aromatic heterocycles. The first-order valence-corrected chi connectivity index (χ1v) is 6.92. The van der Waals surface area contributed by atoms with E-state index in [0.29, 0.717) is 11.5 Å². The van der Waals surface area contributed by atoms with Crippen LogP contribution < -0.4 is 5.59 Å². The van der Waals surface area contributed by atoms with Gasteiger partial charge in [-0.05, 0) is 42.0 Å². The van der Waals surface area contributed by atoms with E-state index in [1.54, 1.807) is 12.1 Å². The Bertz CT molecular complexity index is 654. The highest BCUT2D eigenvalue weighted by Gasteiger charge is 2.23. The van der Waals surface area contributed by atoms with Gasteiger partial charge in [0, 0.05) is 18.0 Å². The van der Waals surface area contributed by atoms with Crippen LogP contribution in [-0.4, -0.2) is 23.5 Å². The van der Waals surface area contributed by atoms with Gasteiger partial charge in [0.25, 0.3) is 0 Å². The Hall–Kier alpha value is -1.71. The third-order valence-corrected chi connectivity index (χ3v) is 4.55. The first-order chi connectivity index (χ1) is 9.09. The number of hydrogen-bond donors (Lipinski definition) is 1. The molecule has 1 saturated carbocycles. The number of rotatable bonds is 2. The van der Waals surface area contributed by atoms with Crippen LogP contribution in [0, 0.1) is 0 Å². The first-order valence-electron chi connectivity index (χ1n) is 6.92. The summed E-state index contributed by atoms with van der Waals surface area (Å²) in [6, 6.07) is 5.51. The van der Waals surface area contributed by atoms with E-state index in [0.717, 1.165) is 5.52 Å². The van der Waals surface area contributed by atoms with E-state index < -0.39 is 5.97 Å². The standard InChI is InChI=1S/C15H18BNO2/c1-17-12-8-10(15(18)19)6-7-11(12)13(14(17)16)9-4-2-3-5-9/h6-9H,2-5,16H2,1H3,(H,18,19). The maximum Gasteiger partial charge on any atom is 0.335 e. The molecule has 3 rings (SSSR count). The smallest absolute Gasteiger partial charge is 0.335 e. The lowest BCUT2D eigenvalue weighted by atomic mass is 9.87. The van der Waals surface area contributed by atoms with Gasteiger partial charge >= 0.3 is 5.97 Å². The number of benzene rings is 1. The molecule has 3 nitrogen and oxygen atoms in total. The van der Waals surface area contributed by atoms with Crippen molar-refractivity contribution >= 4 is 30.3 Å². The van der Waals surface area contributed by atoms with Crippen molar-refractivity contribution in [2.45, 2.75) is 31.6 Å². The SMILES string of the molecule is Bc1c(C2CCCC2)c2ccc(C(=O)O)cc2n1C. The molecule has 98 valence electrons. The van der Waals surface area contributed by atoms with Crippen molar-refractivity contribution < 1.29 is 9.90 Å². The molecule has 1 N–H and O–H groups in total. The predicted octanol–water partition coefficient (Wildman–Crippen LogP) is 1.79. The van der Waals surface area contributed by atoms with Gasteiger partial charge in [0.1, 0.15) is 0 Å². The minimum absolute atomic E-state index is 0.367. The zero-order valence-electron chi connectivity index (χ0n) is 11.4. The van der Waals surface area contributed by atoms with Gasteiger partial charge in [-0.3, -0.25) is 0 Å². The van der Waals surface area contributed by atoms with Crippen LogP contribution in [0.1, 0.15) is 47.5 Å². The Morgan fingerprint density at radius 1 is 1.37 bits per heavy atom. The van der Waals surface area contributed by atoms with Gasteiger partial charge in [-0.15, -0.1) is 0 Å². The third-order valence-electron chi connectivity index (χ3n) is 4.55. The lowest BCUT2D eigenvalue weighted by molar-refractivity contribution is 0.0697. The Balaban J connectivity index is 2.22. The number of carboxylic acid groups (broad SMARTS) is 1. The number of carboxylic acids is 1. The van der Waals surface area contributed by atoms with Crippen LogP contribution in [0.25, 0.3) is 10.9 Å². The Morgan fingerprint density at radius 2 is 2.05 bits per heavy atom. The summed E-state index contributed by atoms with van der Waals surface area (Å²) in [5.41, 5.74) is 4.13. The third kappa shape index (κ3) is 1.86. The molecule has 0 unspecified atom stereocenters. The van der Waals surface area contributed by atoms with Crippen molar-refractivity contribution in [3.05, 3.63) is 29.3 Å². The van der Waals surface area contributed by atoms with Crippen molar-refractivity contribution in [1.29, 1.82) is 0 Å². The maximum absolute atomic E-state index is 11.1. The molecule has 0 amide bonds. The summed E-state index contributed by atoms with van der Waals surface area (Å²) in [4.78, 5) is 11.1. The van der Waals surface area contributed by atoms with E-state index in [1.807, 2.05) is 13.1 Å². The molecule has 2 aromatic rings. The van der Waals surface area contributed by atoms with E-state index in [1.165, 1.54) is 42.2 Å². The monoisotopic (exact) mass is 255 g/mol. The molecular formula is C15H18BNO2. The number of fused-ring (bicyclic) bond motifs is 1. The predicted molar refractivity (Wildman–Crippen MR) is 79.3 cm³/mol. The van der Waals surface area contributed by atoms with Crippen molar-refractivity contribution in [1.82, 2.24) is 4.57 Å². The molecule has 0 spiro atoms. The first kappa shape index (κ1) is 12.3. The molecule has 0 atom stereocenters. The number of nitrogens with zero attached hydrogens (tertiary/aromatic N) is 1. The number of aromatic carboxylic acids is 1. The van der Waals surface area contributed by atoms with E-state index in [-0.39, 0.29) is 0 Å². The molecular weight excluding hydrogens is 237 g/mol. The fraction of sp³-hybridized carbons (Fsp3) is 0.400. The highest BCUT2D eigenvalue weighted by atomic mass is 16.4. The summed E-state index contributed by atoms with van der Waals surface area (Å²) in [5.74, 6) is -0.206. The van der Waals surface area contributed by atoms with Gasteiger partial charge in [0.15, 0.2) is 7.85 Å². The minimum atomic E-state index is -0.858. The van der Waals surface area contributed by atoms with E-state index in [9.17, 15) is 4.79 Å². The van der Waals surface area contributed by atoms with Crippen LogP contribution in [0.4, 0.5) is 0 Å². The second kappa shape index (κ2) is 4.44. The molecule has 0 radical (unpaired) electrons. The molecule has 4 heteroatoms. The van der Waals surface area contributed by atoms with Crippen LogP contribution in [0.2, 0.25) is 0 Å². The normalized spacial score (nSPS) is 16.3. The van der Waals surface area contributed by atoms with Gasteiger partial charge in [-0.25, -0.2) is 4.79 Å². The summed E-state index contributed by atoms with van der Waals surface area (Å²) >= 11 is 0. The van der Waals surface area contributed by atoms with E-state index >= 15 is 0 Å². The molecule has 1 heterocycles. The summed E-state index contributed by atoms with van der Waals surface area (Å²) in [6.07, 6.45) is 5.16. The lowest BCUT2D eigenvalue weighted by Crippen LogP contribution is -2.18. The second-order valence-corrected chi connectivity index (χ2v) is 5.58. The fourth-order valence-electron chi connectivity index (χ4n) is 3.46. The zero-order chi connectivity index (χ0) is 13.6. The van der Waals surface area contributed by atoms with Gasteiger partial charge in [-0.2, -0.15) is 0 Å².